The fourth-order valence-electron chi connectivity index (χ4n) is 3.30. The molecule has 1 N–H and O–H groups in total. The molecule has 3 rings (SSSR count). The Bertz CT molecular complexity index is 676. The van der Waals surface area contributed by atoms with Crippen molar-refractivity contribution in [3.63, 3.8) is 0 Å². The van der Waals surface area contributed by atoms with E-state index in [1.807, 2.05) is 36.4 Å². The number of rotatable bonds is 5. The molecule has 0 aromatic carbocycles. The van der Waals surface area contributed by atoms with Crippen LogP contribution in [0, 0.1) is 12.8 Å². The first-order valence-corrected chi connectivity index (χ1v) is 9.57. The highest BCUT2D eigenvalue weighted by Crippen LogP contribution is 2.24. The maximum absolute atomic E-state index is 12.8. The Hall–Kier alpha value is -1.72. The Morgan fingerprint density at radius 1 is 1.33 bits per heavy atom. The largest absolute Gasteiger partial charge is 0.339 e. The number of aryl methyl sites for hydroxylation is 1. The topological polar surface area (TPSA) is 45.2 Å². The van der Waals surface area contributed by atoms with E-state index in [1.54, 1.807) is 11.3 Å². The average molecular weight is 343 g/mol. The van der Waals surface area contributed by atoms with Gasteiger partial charge in [0, 0.05) is 24.0 Å². The Morgan fingerprint density at radius 3 is 2.75 bits per heavy atom. The highest BCUT2D eigenvalue weighted by atomic mass is 32.1. The van der Waals surface area contributed by atoms with E-state index in [2.05, 4.69) is 21.7 Å². The lowest BCUT2D eigenvalue weighted by Crippen LogP contribution is -2.39. The molecule has 1 amide bonds. The van der Waals surface area contributed by atoms with Gasteiger partial charge < -0.3 is 10.2 Å². The molecule has 24 heavy (non-hydrogen) atoms. The molecule has 2 aromatic heterocycles. The first-order chi connectivity index (χ1) is 11.7. The second-order valence-electron chi connectivity index (χ2n) is 6.47. The number of hydrogen-bond acceptors (Lipinski definition) is 4. The summed E-state index contributed by atoms with van der Waals surface area (Å²) in [5.41, 5.74) is 3.62. The monoisotopic (exact) mass is 343 g/mol. The molecule has 128 valence electrons. The van der Waals surface area contributed by atoms with E-state index in [9.17, 15) is 4.79 Å². The van der Waals surface area contributed by atoms with Crippen molar-refractivity contribution >= 4 is 17.2 Å². The summed E-state index contributed by atoms with van der Waals surface area (Å²) in [6.07, 6.45) is 3.41. The van der Waals surface area contributed by atoms with E-state index in [-0.39, 0.29) is 5.91 Å². The standard InChI is InChI=1S/C19H25N3OS/c1-14-17(3-4-18(21-14)16-8-12-24-13-16)19(23)22-10-6-15(7-11-22)5-9-20-2/h3-4,8,12-13,15,20H,5-7,9-11H2,1-2H3. The molecule has 0 spiro atoms. The Labute approximate surface area is 147 Å². The minimum absolute atomic E-state index is 0.129. The molecule has 2 aromatic rings. The predicted octanol–water partition coefficient (Wildman–Crippen LogP) is 3.58. The number of nitrogens with one attached hydrogen (secondary N) is 1. The van der Waals surface area contributed by atoms with Gasteiger partial charge in [-0.15, -0.1) is 0 Å². The fraction of sp³-hybridized carbons (Fsp3) is 0.474. The summed E-state index contributed by atoms with van der Waals surface area (Å²) in [6, 6.07) is 5.95. The molecular weight excluding hydrogens is 318 g/mol. The second kappa shape index (κ2) is 7.90. The highest BCUT2D eigenvalue weighted by Gasteiger charge is 2.24. The second-order valence-corrected chi connectivity index (χ2v) is 7.25. The van der Waals surface area contributed by atoms with Gasteiger partial charge in [-0.2, -0.15) is 11.3 Å². The van der Waals surface area contributed by atoms with Gasteiger partial charge >= 0.3 is 0 Å². The third-order valence-electron chi connectivity index (χ3n) is 4.84. The maximum atomic E-state index is 12.8. The molecule has 4 nitrogen and oxygen atoms in total. The summed E-state index contributed by atoms with van der Waals surface area (Å²) in [5.74, 6) is 0.866. The Morgan fingerprint density at radius 2 is 2.12 bits per heavy atom. The van der Waals surface area contributed by atoms with E-state index in [0.29, 0.717) is 0 Å². The summed E-state index contributed by atoms with van der Waals surface area (Å²) in [6.45, 7) is 4.71. The van der Waals surface area contributed by atoms with Crippen molar-refractivity contribution in [1.82, 2.24) is 15.2 Å². The number of piperidine rings is 1. The zero-order valence-electron chi connectivity index (χ0n) is 14.4. The summed E-state index contributed by atoms with van der Waals surface area (Å²) < 4.78 is 0. The summed E-state index contributed by atoms with van der Waals surface area (Å²) in [4.78, 5) is 19.4. The fourth-order valence-corrected chi connectivity index (χ4v) is 3.95. The first kappa shape index (κ1) is 17.1. The van der Waals surface area contributed by atoms with E-state index in [0.717, 1.165) is 60.9 Å². The van der Waals surface area contributed by atoms with Gasteiger partial charge in [-0.05, 0) is 69.3 Å². The molecular formula is C19H25N3OS. The Kier molecular flexibility index (Phi) is 5.63. The lowest BCUT2D eigenvalue weighted by Gasteiger charge is -2.32. The SMILES string of the molecule is CNCCC1CCN(C(=O)c2ccc(-c3ccsc3)nc2C)CC1. The highest BCUT2D eigenvalue weighted by molar-refractivity contribution is 7.08. The van der Waals surface area contributed by atoms with Crippen LogP contribution in [0.15, 0.2) is 29.0 Å². The van der Waals surface area contributed by atoms with Gasteiger partial charge in [-0.25, -0.2) is 0 Å². The van der Waals surface area contributed by atoms with Crippen LogP contribution in [0.1, 0.15) is 35.3 Å². The van der Waals surface area contributed by atoms with Gasteiger partial charge in [0.2, 0.25) is 0 Å². The van der Waals surface area contributed by atoms with Gasteiger partial charge in [0.1, 0.15) is 0 Å². The van der Waals surface area contributed by atoms with Crippen LogP contribution in [-0.2, 0) is 0 Å². The van der Waals surface area contributed by atoms with Crippen molar-refractivity contribution in [3.05, 3.63) is 40.2 Å². The van der Waals surface area contributed by atoms with Crippen molar-refractivity contribution in [2.75, 3.05) is 26.7 Å². The zero-order valence-corrected chi connectivity index (χ0v) is 15.2. The van der Waals surface area contributed by atoms with E-state index in [1.165, 1.54) is 6.42 Å². The number of aromatic nitrogens is 1. The van der Waals surface area contributed by atoms with Crippen LogP contribution in [0.4, 0.5) is 0 Å². The van der Waals surface area contributed by atoms with Crippen molar-refractivity contribution in [2.24, 2.45) is 5.92 Å². The van der Waals surface area contributed by atoms with Crippen LogP contribution >= 0.6 is 11.3 Å². The molecule has 0 atom stereocenters. The van der Waals surface area contributed by atoms with E-state index < -0.39 is 0 Å². The lowest BCUT2D eigenvalue weighted by atomic mass is 9.93. The van der Waals surface area contributed by atoms with Gasteiger partial charge in [0.05, 0.1) is 17.0 Å². The average Bonchev–Trinajstić information content (AvgIpc) is 3.14. The quantitative estimate of drug-likeness (QED) is 0.902. The van der Waals surface area contributed by atoms with Crippen LogP contribution in [0.3, 0.4) is 0 Å². The Balaban J connectivity index is 1.65. The molecule has 5 heteroatoms. The number of hydrogen-bond donors (Lipinski definition) is 1. The van der Waals surface area contributed by atoms with Crippen molar-refractivity contribution in [3.8, 4) is 11.3 Å². The van der Waals surface area contributed by atoms with Crippen LogP contribution in [-0.4, -0.2) is 42.5 Å². The molecule has 1 fully saturated rings. The molecule has 1 aliphatic rings. The van der Waals surface area contributed by atoms with E-state index in [4.69, 9.17) is 0 Å². The summed E-state index contributed by atoms with van der Waals surface area (Å²) in [5, 5.41) is 7.34. The van der Waals surface area contributed by atoms with E-state index >= 15 is 0 Å². The molecule has 0 bridgehead atoms. The van der Waals surface area contributed by atoms with Crippen LogP contribution in [0.5, 0.6) is 0 Å². The molecule has 1 saturated heterocycles. The molecule has 3 heterocycles. The van der Waals surface area contributed by atoms with Crippen LogP contribution in [0.25, 0.3) is 11.3 Å². The number of likely N-dealkylation sites (tertiary alicyclic amines) is 1. The first-order valence-electron chi connectivity index (χ1n) is 8.63. The normalized spacial score (nSPS) is 15.7. The third kappa shape index (κ3) is 3.84. The minimum Gasteiger partial charge on any atom is -0.339 e. The molecule has 0 saturated carbocycles. The number of nitrogens with zero attached hydrogens (tertiary/aromatic N) is 2. The number of thiophene rings is 1. The zero-order chi connectivity index (χ0) is 16.9. The number of amides is 1. The maximum Gasteiger partial charge on any atom is 0.255 e. The van der Waals surface area contributed by atoms with Crippen molar-refractivity contribution in [2.45, 2.75) is 26.2 Å². The number of pyridine rings is 1. The lowest BCUT2D eigenvalue weighted by molar-refractivity contribution is 0.0686. The van der Waals surface area contributed by atoms with Gasteiger partial charge in [-0.1, -0.05) is 0 Å². The van der Waals surface area contributed by atoms with Gasteiger partial charge in [0.25, 0.3) is 5.91 Å². The molecule has 0 aliphatic carbocycles. The van der Waals surface area contributed by atoms with Crippen molar-refractivity contribution in [1.29, 1.82) is 0 Å². The number of carbonyl (C=O) groups excluding carboxylic acids is 1. The predicted molar refractivity (Wildman–Crippen MR) is 99.5 cm³/mol. The van der Waals surface area contributed by atoms with Crippen molar-refractivity contribution < 1.29 is 4.79 Å². The molecule has 0 unspecified atom stereocenters. The number of carbonyl (C=O) groups is 1. The molecule has 0 radical (unpaired) electrons. The molecule has 1 aliphatic heterocycles. The summed E-state index contributed by atoms with van der Waals surface area (Å²) in [7, 11) is 1.99. The third-order valence-corrected chi connectivity index (χ3v) is 5.52. The van der Waals surface area contributed by atoms with Crippen LogP contribution < -0.4 is 5.32 Å². The van der Waals surface area contributed by atoms with Gasteiger partial charge in [0.15, 0.2) is 0 Å². The van der Waals surface area contributed by atoms with Crippen LogP contribution in [0.2, 0.25) is 0 Å². The summed E-state index contributed by atoms with van der Waals surface area (Å²) >= 11 is 1.66. The smallest absolute Gasteiger partial charge is 0.255 e. The van der Waals surface area contributed by atoms with Gasteiger partial charge in [-0.3, -0.25) is 9.78 Å². The minimum atomic E-state index is 0.129.